The Morgan fingerprint density at radius 1 is 1.28 bits per heavy atom. The average molecular weight is 250 g/mol. The van der Waals surface area contributed by atoms with E-state index in [0.29, 0.717) is 5.75 Å². The Morgan fingerprint density at radius 2 is 2.00 bits per heavy atom. The molecule has 0 radical (unpaired) electrons. The predicted molar refractivity (Wildman–Crippen MR) is 70.7 cm³/mol. The minimum atomic E-state index is -0.555. The van der Waals surface area contributed by atoms with E-state index < -0.39 is 6.10 Å². The van der Waals surface area contributed by atoms with Gasteiger partial charge in [0.1, 0.15) is 11.9 Å². The summed E-state index contributed by atoms with van der Waals surface area (Å²) in [6.45, 7) is 3.73. The summed E-state index contributed by atoms with van der Waals surface area (Å²) >= 11 is 0. The third-order valence-electron chi connectivity index (χ3n) is 3.56. The van der Waals surface area contributed by atoms with Gasteiger partial charge >= 0.3 is 0 Å². The molecule has 1 aromatic rings. The summed E-state index contributed by atoms with van der Waals surface area (Å²) in [5, 5.41) is 19.7. The highest BCUT2D eigenvalue weighted by molar-refractivity contribution is 5.38. The number of hydrogen-bond donors (Lipinski definition) is 2. The molecule has 2 unspecified atom stereocenters. The molecule has 100 valence electrons. The van der Waals surface area contributed by atoms with Crippen LogP contribution in [0.5, 0.6) is 5.75 Å². The van der Waals surface area contributed by atoms with Gasteiger partial charge < -0.3 is 14.9 Å². The molecule has 1 saturated carbocycles. The second-order valence-electron chi connectivity index (χ2n) is 5.23. The predicted octanol–water partition coefficient (Wildman–Crippen LogP) is 2.73. The summed E-state index contributed by atoms with van der Waals surface area (Å²) in [4.78, 5) is 0. The average Bonchev–Trinajstić information content (AvgIpc) is 2.34. The molecule has 18 heavy (non-hydrogen) atoms. The van der Waals surface area contributed by atoms with E-state index >= 15 is 0 Å². The van der Waals surface area contributed by atoms with Crippen LogP contribution < -0.4 is 4.74 Å². The highest BCUT2D eigenvalue weighted by atomic mass is 16.5. The maximum absolute atomic E-state index is 9.93. The molecule has 0 aliphatic heterocycles. The molecule has 3 nitrogen and oxygen atoms in total. The van der Waals surface area contributed by atoms with Crippen LogP contribution in [0.2, 0.25) is 0 Å². The molecule has 0 amide bonds. The number of rotatable bonds is 3. The monoisotopic (exact) mass is 250 g/mol. The molecule has 2 rings (SSSR count). The molecule has 3 heteroatoms. The zero-order chi connectivity index (χ0) is 13.1. The van der Waals surface area contributed by atoms with Crippen molar-refractivity contribution in [3.63, 3.8) is 0 Å². The zero-order valence-electron chi connectivity index (χ0n) is 11.1. The van der Waals surface area contributed by atoms with Gasteiger partial charge in [0.25, 0.3) is 0 Å². The Bertz CT molecular complexity index is 401. The first-order valence-corrected chi connectivity index (χ1v) is 6.71. The van der Waals surface area contributed by atoms with Crippen molar-refractivity contribution < 1.29 is 14.9 Å². The molecule has 0 aromatic heterocycles. The van der Waals surface area contributed by atoms with Gasteiger partial charge in [-0.25, -0.2) is 0 Å². The summed E-state index contributed by atoms with van der Waals surface area (Å²) in [6.07, 6.45) is 2.77. The van der Waals surface area contributed by atoms with E-state index in [1.807, 2.05) is 25.1 Å². The fourth-order valence-corrected chi connectivity index (χ4v) is 2.48. The van der Waals surface area contributed by atoms with E-state index in [-0.39, 0.29) is 12.2 Å². The lowest BCUT2D eigenvalue weighted by Gasteiger charge is -2.29. The van der Waals surface area contributed by atoms with Crippen LogP contribution in [-0.4, -0.2) is 22.4 Å². The molecule has 1 fully saturated rings. The van der Waals surface area contributed by atoms with Crippen molar-refractivity contribution in [2.45, 2.75) is 57.8 Å². The van der Waals surface area contributed by atoms with E-state index in [2.05, 4.69) is 0 Å². The fraction of sp³-hybridized carbons (Fsp3) is 0.600. The first-order chi connectivity index (χ1) is 8.58. The topological polar surface area (TPSA) is 49.7 Å². The third-order valence-corrected chi connectivity index (χ3v) is 3.56. The van der Waals surface area contributed by atoms with Gasteiger partial charge in [0.15, 0.2) is 0 Å². The molecule has 1 aliphatic carbocycles. The van der Waals surface area contributed by atoms with Gasteiger partial charge in [-0.05, 0) is 45.2 Å². The van der Waals surface area contributed by atoms with Gasteiger partial charge in [0.2, 0.25) is 0 Å². The fourth-order valence-electron chi connectivity index (χ4n) is 2.48. The first-order valence-electron chi connectivity index (χ1n) is 6.71. The normalized spacial score (nSPS) is 25.8. The van der Waals surface area contributed by atoms with E-state index in [4.69, 9.17) is 4.74 Å². The third kappa shape index (κ3) is 3.03. The van der Waals surface area contributed by atoms with Gasteiger partial charge in [-0.3, -0.25) is 0 Å². The van der Waals surface area contributed by atoms with E-state index in [0.717, 1.165) is 36.8 Å². The van der Waals surface area contributed by atoms with Crippen LogP contribution in [0.15, 0.2) is 18.2 Å². The maximum Gasteiger partial charge on any atom is 0.125 e. The van der Waals surface area contributed by atoms with Crippen molar-refractivity contribution in [3.05, 3.63) is 29.3 Å². The Labute approximate surface area is 108 Å². The number of hydrogen-bond acceptors (Lipinski definition) is 3. The van der Waals surface area contributed by atoms with E-state index in [9.17, 15) is 10.2 Å². The largest absolute Gasteiger partial charge is 0.487 e. The summed E-state index contributed by atoms with van der Waals surface area (Å²) in [6, 6.07) is 5.80. The van der Waals surface area contributed by atoms with Crippen LogP contribution in [0.3, 0.4) is 0 Å². The molecule has 1 aromatic carbocycles. The van der Waals surface area contributed by atoms with Crippen LogP contribution in [0.1, 0.15) is 49.8 Å². The maximum atomic E-state index is 9.93. The number of aliphatic hydroxyl groups excluding tert-OH is 2. The minimum Gasteiger partial charge on any atom is -0.487 e. The number of ether oxygens (including phenoxy) is 1. The van der Waals surface area contributed by atoms with Crippen molar-refractivity contribution >= 4 is 0 Å². The van der Waals surface area contributed by atoms with Crippen molar-refractivity contribution in [1.29, 1.82) is 0 Å². The first kappa shape index (κ1) is 13.4. The molecule has 1 aliphatic rings. The smallest absolute Gasteiger partial charge is 0.125 e. The molecule has 0 heterocycles. The van der Waals surface area contributed by atoms with Crippen molar-refractivity contribution in [1.82, 2.24) is 0 Å². The molecular weight excluding hydrogens is 228 g/mol. The molecule has 0 spiro atoms. The number of aryl methyl sites for hydroxylation is 1. The van der Waals surface area contributed by atoms with Crippen LogP contribution >= 0.6 is 0 Å². The van der Waals surface area contributed by atoms with Crippen LogP contribution in [-0.2, 0) is 0 Å². The summed E-state index contributed by atoms with van der Waals surface area (Å²) in [5.74, 6) is 0.696. The Hall–Kier alpha value is -1.06. The van der Waals surface area contributed by atoms with E-state index in [1.165, 1.54) is 0 Å². The van der Waals surface area contributed by atoms with Crippen molar-refractivity contribution in [2.24, 2.45) is 0 Å². The molecule has 3 atom stereocenters. The standard InChI is InChI=1S/C15H22O3/c1-10-7-8-14(12(9-10)11(2)16)18-15-6-4-3-5-13(15)17/h7-9,11,13,15-17H,3-6H2,1-2H3/t11-,13?,15?/m0/s1. The van der Waals surface area contributed by atoms with Gasteiger partial charge in [-0.2, -0.15) is 0 Å². The van der Waals surface area contributed by atoms with Gasteiger partial charge in [0.05, 0.1) is 12.2 Å². The van der Waals surface area contributed by atoms with Crippen LogP contribution in [0.25, 0.3) is 0 Å². The van der Waals surface area contributed by atoms with Gasteiger partial charge in [0, 0.05) is 5.56 Å². The quantitative estimate of drug-likeness (QED) is 0.867. The molecule has 0 saturated heterocycles. The van der Waals surface area contributed by atoms with Crippen LogP contribution in [0.4, 0.5) is 0 Å². The van der Waals surface area contributed by atoms with E-state index in [1.54, 1.807) is 6.92 Å². The summed E-state index contributed by atoms with van der Waals surface area (Å²) in [7, 11) is 0. The highest BCUT2D eigenvalue weighted by Crippen LogP contribution is 2.30. The lowest BCUT2D eigenvalue weighted by Crippen LogP contribution is -2.34. The number of aliphatic hydroxyl groups is 2. The molecule has 2 N–H and O–H groups in total. The summed E-state index contributed by atoms with van der Waals surface area (Å²) in [5.41, 5.74) is 1.90. The second-order valence-corrected chi connectivity index (χ2v) is 5.23. The minimum absolute atomic E-state index is 0.140. The zero-order valence-corrected chi connectivity index (χ0v) is 11.1. The van der Waals surface area contributed by atoms with Crippen LogP contribution in [0, 0.1) is 6.92 Å². The van der Waals surface area contributed by atoms with Gasteiger partial charge in [-0.15, -0.1) is 0 Å². The second kappa shape index (κ2) is 5.72. The lowest BCUT2D eigenvalue weighted by molar-refractivity contribution is 0.00527. The lowest BCUT2D eigenvalue weighted by atomic mass is 9.94. The van der Waals surface area contributed by atoms with Crippen molar-refractivity contribution in [3.8, 4) is 5.75 Å². The highest BCUT2D eigenvalue weighted by Gasteiger charge is 2.25. The summed E-state index contributed by atoms with van der Waals surface area (Å²) < 4.78 is 5.90. The van der Waals surface area contributed by atoms with Crippen molar-refractivity contribution in [2.75, 3.05) is 0 Å². The Morgan fingerprint density at radius 3 is 2.67 bits per heavy atom. The van der Waals surface area contributed by atoms with Gasteiger partial charge in [-0.1, -0.05) is 18.1 Å². The Kier molecular flexibility index (Phi) is 4.25. The molecular formula is C15H22O3. The SMILES string of the molecule is Cc1ccc(OC2CCCCC2O)c([C@H](C)O)c1. The Balaban J connectivity index is 2.17. The number of benzene rings is 1. The molecule has 0 bridgehead atoms.